The zero-order valence-corrected chi connectivity index (χ0v) is 7.28. The topological polar surface area (TPSA) is 20.2 Å². The Morgan fingerprint density at radius 2 is 1.75 bits per heavy atom. The molecular weight excluding hydrogens is 148 g/mol. The molecular formula is C11H12O. The molecule has 0 aliphatic carbocycles. The van der Waals surface area contributed by atoms with Crippen molar-refractivity contribution in [2.45, 2.75) is 32.6 Å². The van der Waals surface area contributed by atoms with E-state index in [4.69, 9.17) is 5.11 Å². The molecule has 0 aromatic carbocycles. The van der Waals surface area contributed by atoms with Crippen molar-refractivity contribution in [2.75, 3.05) is 0 Å². The minimum absolute atomic E-state index is 0.898. The van der Waals surface area contributed by atoms with E-state index in [1.165, 1.54) is 12.8 Å². The molecule has 0 radical (unpaired) electrons. The third-order valence-corrected chi connectivity index (χ3v) is 1.24. The number of hydrogen-bond donors (Lipinski definition) is 1. The van der Waals surface area contributed by atoms with E-state index in [0.29, 0.717) is 0 Å². The third-order valence-electron chi connectivity index (χ3n) is 1.24. The summed E-state index contributed by atoms with van der Waals surface area (Å²) in [6, 6.07) is 0. The Morgan fingerprint density at radius 3 is 2.42 bits per heavy atom. The zero-order chi connectivity index (χ0) is 9.07. The maximum atomic E-state index is 8.03. The molecule has 1 heteroatoms. The van der Waals surface area contributed by atoms with Crippen molar-refractivity contribution in [3.05, 3.63) is 0 Å². The maximum absolute atomic E-state index is 8.03. The van der Waals surface area contributed by atoms with Gasteiger partial charge in [-0.05, 0) is 18.3 Å². The Balaban J connectivity index is 3.47. The van der Waals surface area contributed by atoms with Crippen LogP contribution in [-0.4, -0.2) is 5.11 Å². The molecule has 0 aliphatic heterocycles. The van der Waals surface area contributed by atoms with Crippen LogP contribution < -0.4 is 0 Å². The number of hydrogen-bond acceptors (Lipinski definition) is 1. The molecule has 0 rings (SSSR count). The van der Waals surface area contributed by atoms with Gasteiger partial charge in [0.2, 0.25) is 0 Å². The highest BCUT2D eigenvalue weighted by Gasteiger charge is 1.79. The van der Waals surface area contributed by atoms with Gasteiger partial charge in [-0.25, -0.2) is 0 Å². The van der Waals surface area contributed by atoms with Crippen molar-refractivity contribution in [1.29, 1.82) is 0 Å². The quantitative estimate of drug-likeness (QED) is 0.494. The lowest BCUT2D eigenvalue weighted by Crippen LogP contribution is -1.70. The van der Waals surface area contributed by atoms with Crippen LogP contribution in [0.4, 0.5) is 0 Å². The van der Waals surface area contributed by atoms with Crippen LogP contribution in [0.5, 0.6) is 0 Å². The molecule has 1 N–H and O–H groups in total. The predicted octanol–water partition coefficient (Wildman–Crippen LogP) is 1.91. The lowest BCUT2D eigenvalue weighted by atomic mass is 10.2. The van der Waals surface area contributed by atoms with Crippen molar-refractivity contribution < 1.29 is 5.11 Å². The summed E-state index contributed by atoms with van der Waals surface area (Å²) in [6.45, 7) is 2.16. The van der Waals surface area contributed by atoms with Gasteiger partial charge in [0, 0.05) is 18.3 Å². The van der Waals surface area contributed by atoms with Crippen molar-refractivity contribution in [3.63, 3.8) is 0 Å². The van der Waals surface area contributed by atoms with Crippen LogP contribution in [0.1, 0.15) is 32.6 Å². The molecule has 0 aromatic heterocycles. The van der Waals surface area contributed by atoms with Gasteiger partial charge in [0.05, 0.1) is 0 Å². The first kappa shape index (κ1) is 10.5. The smallest absolute Gasteiger partial charge is 0.122 e. The Labute approximate surface area is 74.2 Å². The molecule has 0 fully saturated rings. The fourth-order valence-corrected chi connectivity index (χ4v) is 0.661. The largest absolute Gasteiger partial charge is 0.461 e. The summed E-state index contributed by atoms with van der Waals surface area (Å²) in [7, 11) is 0. The highest BCUT2D eigenvalue weighted by molar-refractivity contribution is 5.34. The van der Waals surface area contributed by atoms with E-state index in [0.717, 1.165) is 12.8 Å². The summed E-state index contributed by atoms with van der Waals surface area (Å²) in [6.07, 6.45) is 6.15. The predicted molar refractivity (Wildman–Crippen MR) is 49.4 cm³/mol. The summed E-state index contributed by atoms with van der Waals surface area (Å²) >= 11 is 0. The third kappa shape index (κ3) is 8.48. The van der Waals surface area contributed by atoms with E-state index in [-0.39, 0.29) is 0 Å². The molecule has 0 heterocycles. The van der Waals surface area contributed by atoms with Crippen LogP contribution in [0.15, 0.2) is 0 Å². The van der Waals surface area contributed by atoms with Crippen molar-refractivity contribution in [1.82, 2.24) is 0 Å². The molecule has 0 saturated carbocycles. The number of unbranched alkanes of at least 4 members (excludes halogenated alkanes) is 3. The van der Waals surface area contributed by atoms with E-state index >= 15 is 0 Å². The van der Waals surface area contributed by atoms with Crippen LogP contribution in [0.25, 0.3) is 0 Å². The summed E-state index contributed by atoms with van der Waals surface area (Å²) in [5.41, 5.74) is 0. The average molecular weight is 160 g/mol. The van der Waals surface area contributed by atoms with Crippen LogP contribution >= 0.6 is 0 Å². The first-order valence-electron chi connectivity index (χ1n) is 4.03. The lowest BCUT2D eigenvalue weighted by Gasteiger charge is -1.86. The number of aliphatic hydroxyl groups excluding tert-OH is 1. The van der Waals surface area contributed by atoms with Crippen molar-refractivity contribution in [3.8, 4) is 35.7 Å². The van der Waals surface area contributed by atoms with Crippen molar-refractivity contribution >= 4 is 0 Å². The first-order chi connectivity index (χ1) is 5.91. The molecule has 0 aliphatic rings. The molecule has 0 atom stereocenters. The second-order valence-corrected chi connectivity index (χ2v) is 2.25. The molecule has 0 aromatic rings. The van der Waals surface area contributed by atoms with Crippen LogP contribution in [0.2, 0.25) is 0 Å². The van der Waals surface area contributed by atoms with Gasteiger partial charge in [-0.3, -0.25) is 0 Å². The molecule has 62 valence electrons. The summed E-state index contributed by atoms with van der Waals surface area (Å²) in [5.74, 6) is 12.7. The van der Waals surface area contributed by atoms with Crippen LogP contribution in [0.3, 0.4) is 0 Å². The van der Waals surface area contributed by atoms with E-state index < -0.39 is 0 Å². The van der Waals surface area contributed by atoms with Gasteiger partial charge in [0.1, 0.15) is 6.11 Å². The minimum Gasteiger partial charge on any atom is -0.461 e. The molecule has 0 bridgehead atoms. The second-order valence-electron chi connectivity index (χ2n) is 2.25. The van der Waals surface area contributed by atoms with Gasteiger partial charge in [0.15, 0.2) is 0 Å². The Hall–Kier alpha value is -1.52. The standard InChI is InChI=1S/C11H12O/c1-2-3-4-5-6-7-8-9-10-11-12/h12H,2-5H2,1H3. The van der Waals surface area contributed by atoms with Gasteiger partial charge in [-0.2, -0.15) is 0 Å². The zero-order valence-electron chi connectivity index (χ0n) is 7.28. The lowest BCUT2D eigenvalue weighted by molar-refractivity contribution is 0.517. The van der Waals surface area contributed by atoms with E-state index in [9.17, 15) is 0 Å². The van der Waals surface area contributed by atoms with E-state index in [1.54, 1.807) is 6.11 Å². The second kappa shape index (κ2) is 9.48. The van der Waals surface area contributed by atoms with E-state index in [1.807, 2.05) is 0 Å². The van der Waals surface area contributed by atoms with Gasteiger partial charge >= 0.3 is 0 Å². The minimum atomic E-state index is 0.898. The van der Waals surface area contributed by atoms with E-state index in [2.05, 4.69) is 36.5 Å². The van der Waals surface area contributed by atoms with Gasteiger partial charge in [-0.1, -0.05) is 25.7 Å². The number of rotatable bonds is 3. The molecule has 0 unspecified atom stereocenters. The first-order valence-corrected chi connectivity index (χ1v) is 4.03. The SMILES string of the molecule is CCCCCC#CC#CC#CO. The monoisotopic (exact) mass is 160 g/mol. The summed E-state index contributed by atoms with van der Waals surface area (Å²) < 4.78 is 0. The molecule has 0 saturated heterocycles. The maximum Gasteiger partial charge on any atom is 0.122 e. The average Bonchev–Trinajstić information content (AvgIpc) is 2.10. The fourth-order valence-electron chi connectivity index (χ4n) is 0.661. The Kier molecular flexibility index (Phi) is 8.28. The van der Waals surface area contributed by atoms with Crippen molar-refractivity contribution in [2.24, 2.45) is 0 Å². The molecule has 0 spiro atoms. The molecule has 0 amide bonds. The van der Waals surface area contributed by atoms with Gasteiger partial charge in [-0.15, -0.1) is 0 Å². The summed E-state index contributed by atoms with van der Waals surface area (Å²) in [5, 5.41) is 8.03. The van der Waals surface area contributed by atoms with Crippen LogP contribution in [-0.2, 0) is 0 Å². The molecule has 12 heavy (non-hydrogen) atoms. The summed E-state index contributed by atoms with van der Waals surface area (Å²) in [4.78, 5) is 0. The van der Waals surface area contributed by atoms with Gasteiger partial charge < -0.3 is 5.11 Å². The Morgan fingerprint density at radius 1 is 1.00 bits per heavy atom. The highest BCUT2D eigenvalue weighted by Crippen LogP contribution is 1.96. The van der Waals surface area contributed by atoms with Gasteiger partial charge in [0.25, 0.3) is 0 Å². The fraction of sp³-hybridized carbons (Fsp3) is 0.455. The highest BCUT2D eigenvalue weighted by atomic mass is 16.2. The number of aliphatic hydroxyl groups is 1. The normalized spacial score (nSPS) is 6.42. The van der Waals surface area contributed by atoms with Crippen LogP contribution in [0, 0.1) is 35.7 Å². The molecule has 1 nitrogen and oxygen atoms in total. The Bertz CT molecular complexity index is 269.